The molecule has 0 saturated carbocycles. The lowest BCUT2D eigenvalue weighted by Crippen LogP contribution is -2.04. The van der Waals surface area contributed by atoms with Crippen LogP contribution in [0.15, 0.2) is 51.7 Å². The van der Waals surface area contributed by atoms with Gasteiger partial charge in [-0.15, -0.1) is 0 Å². The molecule has 0 atom stereocenters. The van der Waals surface area contributed by atoms with Crippen LogP contribution in [0.3, 0.4) is 0 Å². The molecule has 0 unspecified atom stereocenters. The van der Waals surface area contributed by atoms with Gasteiger partial charge in [0.25, 0.3) is 0 Å². The molecule has 1 heterocycles. The molecule has 0 fully saturated rings. The average Bonchev–Trinajstić information content (AvgIpc) is 2.51. The van der Waals surface area contributed by atoms with Crippen molar-refractivity contribution in [2.75, 3.05) is 7.11 Å². The Morgan fingerprint density at radius 2 is 1.86 bits per heavy atom. The normalized spacial score (nSPS) is 10.8. The molecule has 2 aromatic carbocycles. The van der Waals surface area contributed by atoms with Crippen molar-refractivity contribution in [3.05, 3.63) is 58.5 Å². The van der Waals surface area contributed by atoms with E-state index in [1.54, 1.807) is 24.3 Å². The molecule has 0 radical (unpaired) electrons. The zero-order valence-corrected chi connectivity index (χ0v) is 11.1. The van der Waals surface area contributed by atoms with Crippen LogP contribution in [0, 0.1) is 5.82 Å². The van der Waals surface area contributed by atoms with Crippen molar-refractivity contribution in [1.29, 1.82) is 0 Å². The molecule has 5 heteroatoms. The van der Waals surface area contributed by atoms with Crippen LogP contribution in [0.5, 0.6) is 11.5 Å². The molecule has 0 aliphatic rings. The molecular weight excluding hydrogens is 275 g/mol. The van der Waals surface area contributed by atoms with Crippen LogP contribution >= 0.6 is 0 Å². The van der Waals surface area contributed by atoms with E-state index in [0.29, 0.717) is 11.3 Å². The Kier molecular flexibility index (Phi) is 3.10. The highest BCUT2D eigenvalue weighted by atomic mass is 19.1. The summed E-state index contributed by atoms with van der Waals surface area (Å²) in [5.41, 5.74) is -0.208. The highest BCUT2D eigenvalue weighted by molar-refractivity contribution is 5.82. The molecule has 1 N–H and O–H groups in total. The number of ether oxygens (including phenoxy) is 1. The molecule has 106 valence electrons. The minimum absolute atomic E-state index is 0.000697. The number of rotatable bonds is 2. The first-order valence-corrected chi connectivity index (χ1v) is 6.20. The lowest BCUT2D eigenvalue weighted by molar-refractivity contribution is 0.414. The lowest BCUT2D eigenvalue weighted by Gasteiger charge is -2.07. The van der Waals surface area contributed by atoms with Gasteiger partial charge in [-0.2, -0.15) is 0 Å². The van der Waals surface area contributed by atoms with E-state index in [1.807, 2.05) is 0 Å². The summed E-state index contributed by atoms with van der Waals surface area (Å²) in [6.45, 7) is 0. The van der Waals surface area contributed by atoms with E-state index in [-0.39, 0.29) is 16.7 Å². The second-order valence-corrected chi connectivity index (χ2v) is 4.45. The lowest BCUT2D eigenvalue weighted by atomic mass is 10.1. The van der Waals surface area contributed by atoms with Crippen molar-refractivity contribution in [3.63, 3.8) is 0 Å². The van der Waals surface area contributed by atoms with Gasteiger partial charge in [-0.3, -0.25) is 4.79 Å². The number of halogens is 1. The maximum absolute atomic E-state index is 13.7. The van der Waals surface area contributed by atoms with Gasteiger partial charge in [-0.25, -0.2) is 4.39 Å². The van der Waals surface area contributed by atoms with Crippen molar-refractivity contribution in [1.82, 2.24) is 0 Å². The SMILES string of the molecule is COc1ccc(-c2oc3cccc(F)c3c(=O)c2O)cc1. The first kappa shape index (κ1) is 13.2. The number of hydrogen-bond donors (Lipinski definition) is 1. The average molecular weight is 286 g/mol. The Labute approximate surface area is 119 Å². The summed E-state index contributed by atoms with van der Waals surface area (Å²) in [6, 6.07) is 10.7. The van der Waals surface area contributed by atoms with Gasteiger partial charge in [0.15, 0.2) is 5.76 Å². The molecule has 0 spiro atoms. The molecule has 1 aromatic heterocycles. The molecule has 0 amide bonds. The Balaban J connectivity index is 2.28. The molecule has 4 nitrogen and oxygen atoms in total. The Morgan fingerprint density at radius 3 is 2.52 bits per heavy atom. The summed E-state index contributed by atoms with van der Waals surface area (Å²) < 4.78 is 24.2. The van der Waals surface area contributed by atoms with Gasteiger partial charge >= 0.3 is 0 Å². The van der Waals surface area contributed by atoms with Crippen molar-refractivity contribution in [2.45, 2.75) is 0 Å². The third-order valence-corrected chi connectivity index (χ3v) is 3.20. The second kappa shape index (κ2) is 4.94. The van der Waals surface area contributed by atoms with Gasteiger partial charge in [0.1, 0.15) is 22.5 Å². The summed E-state index contributed by atoms with van der Waals surface area (Å²) in [6.07, 6.45) is 0. The van der Waals surface area contributed by atoms with E-state index >= 15 is 0 Å². The van der Waals surface area contributed by atoms with Gasteiger partial charge in [0, 0.05) is 5.56 Å². The van der Waals surface area contributed by atoms with Gasteiger partial charge in [-0.05, 0) is 36.4 Å². The standard InChI is InChI=1S/C16H11FO4/c1-20-10-7-5-9(6-8-10)16-15(19)14(18)13-11(17)3-2-4-12(13)21-16/h2-8,19H,1H3. The first-order valence-electron chi connectivity index (χ1n) is 6.20. The molecule has 3 aromatic rings. The van der Waals surface area contributed by atoms with Crippen molar-refractivity contribution >= 4 is 11.0 Å². The fraction of sp³-hybridized carbons (Fsp3) is 0.0625. The van der Waals surface area contributed by atoms with Crippen LogP contribution in [0.25, 0.3) is 22.3 Å². The Bertz CT molecular complexity index is 866. The molecular formula is C16H11FO4. The monoisotopic (exact) mass is 286 g/mol. The summed E-state index contributed by atoms with van der Waals surface area (Å²) in [5, 5.41) is 9.74. The van der Waals surface area contributed by atoms with Gasteiger partial charge < -0.3 is 14.3 Å². The molecule has 0 aliphatic heterocycles. The quantitative estimate of drug-likeness (QED) is 0.785. The van der Waals surface area contributed by atoms with E-state index in [1.165, 1.54) is 19.2 Å². The van der Waals surface area contributed by atoms with Crippen LogP contribution in [0.4, 0.5) is 4.39 Å². The van der Waals surface area contributed by atoms with E-state index in [0.717, 1.165) is 6.07 Å². The van der Waals surface area contributed by atoms with Gasteiger partial charge in [0.2, 0.25) is 11.2 Å². The third kappa shape index (κ3) is 2.12. The van der Waals surface area contributed by atoms with E-state index in [4.69, 9.17) is 9.15 Å². The van der Waals surface area contributed by atoms with Gasteiger partial charge in [-0.1, -0.05) is 6.07 Å². The smallest absolute Gasteiger partial charge is 0.238 e. The van der Waals surface area contributed by atoms with Crippen molar-refractivity contribution in [2.24, 2.45) is 0 Å². The fourth-order valence-corrected chi connectivity index (χ4v) is 2.13. The Morgan fingerprint density at radius 1 is 1.14 bits per heavy atom. The van der Waals surface area contributed by atoms with Crippen molar-refractivity contribution < 1.29 is 18.7 Å². The second-order valence-electron chi connectivity index (χ2n) is 4.45. The predicted molar refractivity (Wildman–Crippen MR) is 76.1 cm³/mol. The van der Waals surface area contributed by atoms with Crippen LogP contribution in [-0.2, 0) is 0 Å². The highest BCUT2D eigenvalue weighted by Crippen LogP contribution is 2.31. The maximum atomic E-state index is 13.7. The number of fused-ring (bicyclic) bond motifs is 1. The number of benzene rings is 2. The minimum atomic E-state index is -0.792. The first-order chi connectivity index (χ1) is 10.1. The molecule has 0 aliphatic carbocycles. The third-order valence-electron chi connectivity index (χ3n) is 3.20. The highest BCUT2D eigenvalue weighted by Gasteiger charge is 2.17. The van der Waals surface area contributed by atoms with E-state index in [9.17, 15) is 14.3 Å². The predicted octanol–water partition coefficient (Wildman–Crippen LogP) is 3.31. The van der Waals surface area contributed by atoms with Crippen molar-refractivity contribution in [3.8, 4) is 22.8 Å². The van der Waals surface area contributed by atoms with E-state index in [2.05, 4.69) is 0 Å². The van der Waals surface area contributed by atoms with Crippen LogP contribution in [0.1, 0.15) is 0 Å². The van der Waals surface area contributed by atoms with Crippen LogP contribution in [-0.4, -0.2) is 12.2 Å². The van der Waals surface area contributed by atoms with Crippen LogP contribution < -0.4 is 10.2 Å². The largest absolute Gasteiger partial charge is 0.502 e. The molecule has 0 saturated heterocycles. The number of aromatic hydroxyl groups is 1. The Hall–Kier alpha value is -2.82. The van der Waals surface area contributed by atoms with Gasteiger partial charge in [0.05, 0.1) is 7.11 Å². The molecule has 3 rings (SSSR count). The summed E-state index contributed by atoms with van der Waals surface area (Å²) in [5.74, 6) is -0.705. The number of methoxy groups -OCH3 is 1. The minimum Gasteiger partial charge on any atom is -0.502 e. The fourth-order valence-electron chi connectivity index (χ4n) is 2.13. The topological polar surface area (TPSA) is 59.7 Å². The summed E-state index contributed by atoms with van der Waals surface area (Å²) in [4.78, 5) is 12.1. The van der Waals surface area contributed by atoms with E-state index < -0.39 is 17.0 Å². The zero-order chi connectivity index (χ0) is 15.0. The maximum Gasteiger partial charge on any atom is 0.238 e. The molecule has 21 heavy (non-hydrogen) atoms. The summed E-state index contributed by atoms with van der Waals surface area (Å²) in [7, 11) is 1.53. The zero-order valence-electron chi connectivity index (χ0n) is 11.1. The van der Waals surface area contributed by atoms with Crippen LogP contribution in [0.2, 0.25) is 0 Å². The molecule has 0 bridgehead atoms. The summed E-state index contributed by atoms with van der Waals surface area (Å²) >= 11 is 0. The number of hydrogen-bond acceptors (Lipinski definition) is 4.